The molecule has 0 spiro atoms. The molecule has 2 aromatic heterocycles. The Bertz CT molecular complexity index is 735. The van der Waals surface area contributed by atoms with Gasteiger partial charge in [-0.15, -0.1) is 0 Å². The second kappa shape index (κ2) is 5.14. The van der Waals surface area contributed by atoms with Crippen molar-refractivity contribution in [2.45, 2.75) is 44.3 Å². The van der Waals surface area contributed by atoms with Gasteiger partial charge in [-0.25, -0.2) is 14.0 Å². The maximum atomic E-state index is 12.7. The highest BCUT2D eigenvalue weighted by Crippen LogP contribution is 2.25. The zero-order valence-corrected chi connectivity index (χ0v) is 12.9. The van der Waals surface area contributed by atoms with Crippen LogP contribution in [-0.2, 0) is 16.6 Å². The number of hydrogen-bond donors (Lipinski definition) is 0. The van der Waals surface area contributed by atoms with Crippen LogP contribution in [-0.4, -0.2) is 39.3 Å². The molecule has 1 atom stereocenters. The summed E-state index contributed by atoms with van der Waals surface area (Å²) in [7, 11) is -3.69. The predicted molar refractivity (Wildman–Crippen MR) is 76.4 cm³/mol. The Morgan fingerprint density at radius 3 is 2.90 bits per heavy atom. The van der Waals surface area contributed by atoms with Crippen molar-refractivity contribution in [2.24, 2.45) is 0 Å². The Morgan fingerprint density at radius 1 is 1.33 bits per heavy atom. The third-order valence-electron chi connectivity index (χ3n) is 3.78. The third kappa shape index (κ3) is 2.31. The maximum Gasteiger partial charge on any atom is 0.285 e. The average molecular weight is 310 g/mol. The minimum Gasteiger partial charge on any atom is -0.333 e. The number of nitrogens with zero attached hydrogens (tertiary/aromatic N) is 6. The molecule has 0 amide bonds. The summed E-state index contributed by atoms with van der Waals surface area (Å²) in [5, 5.41) is 4.09. The van der Waals surface area contributed by atoms with Gasteiger partial charge in [0.2, 0.25) is 5.95 Å². The van der Waals surface area contributed by atoms with Crippen LogP contribution < -0.4 is 4.31 Å². The largest absolute Gasteiger partial charge is 0.333 e. The first-order valence-corrected chi connectivity index (χ1v) is 8.42. The van der Waals surface area contributed by atoms with Gasteiger partial charge in [-0.1, -0.05) is 6.92 Å². The highest BCUT2D eigenvalue weighted by Gasteiger charge is 2.32. The molecule has 0 unspecified atom stereocenters. The van der Waals surface area contributed by atoms with Crippen molar-refractivity contribution in [3.8, 4) is 0 Å². The van der Waals surface area contributed by atoms with Crippen LogP contribution in [0.1, 0.15) is 32.7 Å². The molecule has 1 aliphatic rings. The smallest absolute Gasteiger partial charge is 0.285 e. The molecule has 8 nitrogen and oxygen atoms in total. The molecule has 0 fully saturated rings. The van der Waals surface area contributed by atoms with Crippen molar-refractivity contribution >= 4 is 16.0 Å². The lowest BCUT2D eigenvalue weighted by atomic mass is 10.3. The van der Waals surface area contributed by atoms with E-state index in [4.69, 9.17) is 0 Å². The van der Waals surface area contributed by atoms with Gasteiger partial charge in [-0.05, 0) is 19.8 Å². The van der Waals surface area contributed by atoms with Crippen LogP contribution in [0.4, 0.5) is 5.95 Å². The summed E-state index contributed by atoms with van der Waals surface area (Å²) >= 11 is 0. The number of imidazole rings is 1. The van der Waals surface area contributed by atoms with E-state index in [9.17, 15) is 8.42 Å². The van der Waals surface area contributed by atoms with E-state index >= 15 is 0 Å². The molecule has 1 aliphatic heterocycles. The molecule has 0 bridgehead atoms. The Balaban J connectivity index is 1.97. The Morgan fingerprint density at radius 2 is 2.14 bits per heavy atom. The molecule has 3 heterocycles. The second-order valence-corrected chi connectivity index (χ2v) is 6.94. The second-order valence-electron chi connectivity index (χ2n) is 5.13. The Hall–Kier alpha value is -1.90. The van der Waals surface area contributed by atoms with Gasteiger partial charge in [0.25, 0.3) is 10.0 Å². The first kappa shape index (κ1) is 14.1. The minimum atomic E-state index is -3.69. The topological polar surface area (TPSA) is 85.9 Å². The summed E-state index contributed by atoms with van der Waals surface area (Å²) in [5.74, 6) is 0.360. The van der Waals surface area contributed by atoms with E-state index in [0.717, 1.165) is 6.42 Å². The number of fused-ring (bicyclic) bond motifs is 1. The normalized spacial score (nSPS) is 16.8. The lowest BCUT2D eigenvalue weighted by molar-refractivity contribution is 0.524. The first-order chi connectivity index (χ1) is 10.0. The van der Waals surface area contributed by atoms with E-state index in [1.165, 1.54) is 10.6 Å². The van der Waals surface area contributed by atoms with Gasteiger partial charge < -0.3 is 4.57 Å². The van der Waals surface area contributed by atoms with Crippen molar-refractivity contribution in [1.29, 1.82) is 0 Å². The number of sulfonamides is 1. The predicted octanol–water partition coefficient (Wildman–Crippen LogP) is 1.04. The lowest BCUT2D eigenvalue weighted by Crippen LogP contribution is -2.38. The van der Waals surface area contributed by atoms with Crippen LogP contribution in [0.25, 0.3) is 0 Å². The summed E-state index contributed by atoms with van der Waals surface area (Å²) in [6, 6.07) is 0.214. The zero-order valence-electron chi connectivity index (χ0n) is 12.0. The highest BCUT2D eigenvalue weighted by atomic mass is 32.2. The molecule has 0 aliphatic carbocycles. The van der Waals surface area contributed by atoms with Gasteiger partial charge in [0.05, 0.1) is 6.33 Å². The molecule has 3 rings (SSSR count). The Labute approximate surface area is 123 Å². The molecular weight excluding hydrogens is 292 g/mol. The fourth-order valence-electron chi connectivity index (χ4n) is 2.32. The summed E-state index contributed by atoms with van der Waals surface area (Å²) in [6.45, 7) is 5.15. The van der Waals surface area contributed by atoms with Crippen LogP contribution >= 0.6 is 0 Å². The molecule has 0 saturated carbocycles. The fourth-order valence-corrected chi connectivity index (χ4v) is 3.70. The molecule has 21 heavy (non-hydrogen) atoms. The van der Waals surface area contributed by atoms with E-state index in [0.29, 0.717) is 25.5 Å². The van der Waals surface area contributed by atoms with Crippen LogP contribution in [0.2, 0.25) is 0 Å². The fraction of sp³-hybridized carbons (Fsp3) is 0.583. The first-order valence-electron chi connectivity index (χ1n) is 6.98. The van der Waals surface area contributed by atoms with Crippen LogP contribution in [0.3, 0.4) is 0 Å². The lowest BCUT2D eigenvalue weighted by Gasteiger charge is -2.26. The molecular formula is C12H18N6O2S. The van der Waals surface area contributed by atoms with Crippen molar-refractivity contribution in [1.82, 2.24) is 24.3 Å². The van der Waals surface area contributed by atoms with Gasteiger partial charge in [0.1, 0.15) is 6.33 Å². The van der Waals surface area contributed by atoms with E-state index in [1.54, 1.807) is 17.2 Å². The molecule has 0 saturated heterocycles. The van der Waals surface area contributed by atoms with E-state index in [1.807, 2.05) is 18.4 Å². The standard InChI is InChI=1S/C12H18N6O2S/c1-3-10(2)16-7-11(14-9-16)21(19,20)18-6-4-5-17-12(18)13-8-15-17/h7-10H,3-6H2,1-2H3/t10-/m0/s1. The van der Waals surface area contributed by atoms with Crippen molar-refractivity contribution in [3.63, 3.8) is 0 Å². The summed E-state index contributed by atoms with van der Waals surface area (Å²) in [6.07, 6.45) is 6.14. The van der Waals surface area contributed by atoms with Gasteiger partial charge >= 0.3 is 0 Å². The van der Waals surface area contributed by atoms with E-state index < -0.39 is 10.0 Å². The van der Waals surface area contributed by atoms with Crippen molar-refractivity contribution < 1.29 is 8.42 Å². The zero-order chi connectivity index (χ0) is 15.0. The molecule has 0 radical (unpaired) electrons. The van der Waals surface area contributed by atoms with Gasteiger partial charge in [-0.3, -0.25) is 0 Å². The minimum absolute atomic E-state index is 0.0549. The average Bonchev–Trinajstić information content (AvgIpc) is 3.14. The highest BCUT2D eigenvalue weighted by molar-refractivity contribution is 7.92. The van der Waals surface area contributed by atoms with Gasteiger partial charge in [0.15, 0.2) is 5.03 Å². The molecule has 2 aromatic rings. The number of hydrogen-bond acceptors (Lipinski definition) is 5. The number of aromatic nitrogens is 5. The molecule has 114 valence electrons. The number of rotatable bonds is 4. The third-order valence-corrected chi connectivity index (χ3v) is 5.45. The van der Waals surface area contributed by atoms with Crippen molar-refractivity contribution in [2.75, 3.05) is 10.8 Å². The SMILES string of the molecule is CC[C@H](C)n1cnc(S(=O)(=O)N2CCCn3ncnc32)c1. The van der Waals surface area contributed by atoms with Crippen LogP contribution in [0, 0.1) is 0 Å². The summed E-state index contributed by atoms with van der Waals surface area (Å²) in [5.41, 5.74) is 0. The quantitative estimate of drug-likeness (QED) is 0.842. The van der Waals surface area contributed by atoms with E-state index in [-0.39, 0.29) is 11.1 Å². The Kier molecular flexibility index (Phi) is 3.44. The summed E-state index contributed by atoms with van der Waals surface area (Å²) in [4.78, 5) is 8.12. The van der Waals surface area contributed by atoms with Crippen molar-refractivity contribution in [3.05, 3.63) is 18.9 Å². The van der Waals surface area contributed by atoms with Gasteiger partial charge in [-0.2, -0.15) is 18.5 Å². The van der Waals surface area contributed by atoms with Crippen LogP contribution in [0.15, 0.2) is 23.9 Å². The molecule has 0 N–H and O–H groups in total. The molecule has 9 heteroatoms. The summed E-state index contributed by atoms with van der Waals surface area (Å²) < 4.78 is 30.2. The van der Waals surface area contributed by atoms with E-state index in [2.05, 4.69) is 15.1 Å². The maximum absolute atomic E-state index is 12.7. The number of aryl methyl sites for hydroxylation is 1. The van der Waals surface area contributed by atoms with Crippen LogP contribution in [0.5, 0.6) is 0 Å². The molecule has 0 aromatic carbocycles. The monoisotopic (exact) mass is 310 g/mol. The number of anilines is 1. The van der Waals surface area contributed by atoms with Gasteiger partial charge in [0, 0.05) is 25.3 Å².